The molecule has 1 aromatic carbocycles. The largest absolute Gasteiger partial charge is 0.352 e. The smallest absolute Gasteiger partial charge is 0.231 e. The number of likely N-dealkylation sites (tertiary alicyclic amines) is 1. The molecule has 0 radical (unpaired) electrons. The highest BCUT2D eigenvalue weighted by Gasteiger charge is 2.43. The summed E-state index contributed by atoms with van der Waals surface area (Å²) >= 11 is 5.97. The van der Waals surface area contributed by atoms with Gasteiger partial charge in [-0.2, -0.15) is 0 Å². The van der Waals surface area contributed by atoms with Crippen molar-refractivity contribution in [2.75, 3.05) is 26.2 Å². The molecule has 1 saturated carbocycles. The highest BCUT2D eigenvalue weighted by atomic mass is 35.5. The summed E-state index contributed by atoms with van der Waals surface area (Å²) in [5.41, 5.74) is -0.834. The van der Waals surface area contributed by atoms with Gasteiger partial charge in [0.1, 0.15) is 5.67 Å². The highest BCUT2D eigenvalue weighted by molar-refractivity contribution is 6.30. The molecule has 0 atom stereocenters. The van der Waals surface area contributed by atoms with Crippen LogP contribution in [0.1, 0.15) is 77.7 Å². The second-order valence-corrected chi connectivity index (χ2v) is 10.9. The number of rotatable bonds is 6. The number of amides is 1. The third-order valence-corrected chi connectivity index (χ3v) is 7.09. The molecular formula is C25H36ClFN2O. The van der Waals surface area contributed by atoms with Crippen LogP contribution in [0.15, 0.2) is 12.1 Å². The standard InChI is InChI=1S/C25H36ClFN2O/c1-23(2,3)13-16-29-17-14-24(27,15-18-29)19-28-22(30)25(11-5-4-6-12-25)20-7-9-21(26)10-8-20/h7,9H,4-6,11-19H2,1-3H3,(H,28,30). The Kier molecular flexibility index (Phi) is 7.36. The zero-order chi connectivity index (χ0) is 21.8. The van der Waals surface area contributed by atoms with Crippen molar-refractivity contribution in [2.45, 2.75) is 83.2 Å². The fourth-order valence-electron chi connectivity index (χ4n) is 4.68. The first-order valence-electron chi connectivity index (χ1n) is 11.4. The van der Waals surface area contributed by atoms with Gasteiger partial charge in [0, 0.05) is 18.7 Å². The number of nitrogens with one attached hydrogen (secondary N) is 1. The summed E-state index contributed by atoms with van der Waals surface area (Å²) in [6, 6.07) is 9.63. The molecular weight excluding hydrogens is 399 g/mol. The monoisotopic (exact) mass is 434 g/mol. The normalized spacial score (nSPS) is 21.6. The number of carbonyl (C=O) groups excluding carboxylic acids is 1. The average molecular weight is 435 g/mol. The van der Waals surface area contributed by atoms with Gasteiger partial charge < -0.3 is 10.2 Å². The van der Waals surface area contributed by atoms with E-state index >= 15 is 4.39 Å². The zero-order valence-corrected chi connectivity index (χ0v) is 19.5. The first-order chi connectivity index (χ1) is 14.1. The summed E-state index contributed by atoms with van der Waals surface area (Å²) in [4.78, 5) is 15.7. The number of carbonyl (C=O) groups is 1. The van der Waals surface area contributed by atoms with Crippen molar-refractivity contribution in [1.29, 1.82) is 0 Å². The molecule has 1 N–H and O–H groups in total. The molecule has 3 rings (SSSR count). The lowest BCUT2D eigenvalue weighted by Crippen LogP contribution is -2.52. The highest BCUT2D eigenvalue weighted by Crippen LogP contribution is 2.39. The van der Waals surface area contributed by atoms with Crippen molar-refractivity contribution in [3.05, 3.63) is 34.9 Å². The van der Waals surface area contributed by atoms with Crippen LogP contribution in [0.4, 0.5) is 4.39 Å². The van der Waals surface area contributed by atoms with Crippen molar-refractivity contribution < 1.29 is 9.18 Å². The van der Waals surface area contributed by atoms with Gasteiger partial charge in [0.15, 0.2) is 0 Å². The number of alkyl halides is 1. The van der Waals surface area contributed by atoms with Gasteiger partial charge in [0.05, 0.1) is 17.0 Å². The summed E-state index contributed by atoms with van der Waals surface area (Å²) < 4.78 is 15.5. The Morgan fingerprint density at radius 1 is 1.13 bits per heavy atom. The molecule has 0 unspecified atom stereocenters. The minimum absolute atomic E-state index is 0.0682. The van der Waals surface area contributed by atoms with Gasteiger partial charge in [0.25, 0.3) is 0 Å². The van der Waals surface area contributed by atoms with Gasteiger partial charge in [-0.15, -0.1) is 0 Å². The van der Waals surface area contributed by atoms with E-state index in [9.17, 15) is 4.79 Å². The lowest BCUT2D eigenvalue weighted by atomic mass is 9.69. The maximum absolute atomic E-state index is 15.5. The Balaban J connectivity index is 1.58. The third-order valence-electron chi connectivity index (χ3n) is 6.87. The zero-order valence-electron chi connectivity index (χ0n) is 18.8. The van der Waals surface area contributed by atoms with Crippen molar-refractivity contribution in [2.24, 2.45) is 5.41 Å². The summed E-state index contributed by atoms with van der Waals surface area (Å²) in [5, 5.41) is 3.48. The second kappa shape index (κ2) is 9.45. The summed E-state index contributed by atoms with van der Waals surface area (Å²) in [7, 11) is 0. The molecule has 0 bridgehead atoms. The van der Waals surface area contributed by atoms with Crippen LogP contribution in [0.2, 0.25) is 5.02 Å². The van der Waals surface area contributed by atoms with Crippen LogP contribution < -0.4 is 5.32 Å². The maximum atomic E-state index is 15.5. The van der Waals surface area contributed by atoms with E-state index in [2.05, 4.69) is 43.1 Å². The first kappa shape index (κ1) is 23.4. The molecule has 1 aliphatic carbocycles. The van der Waals surface area contributed by atoms with Crippen LogP contribution in [-0.2, 0) is 10.2 Å². The van der Waals surface area contributed by atoms with E-state index in [0.29, 0.717) is 23.3 Å². The summed E-state index contributed by atoms with van der Waals surface area (Å²) in [6.07, 6.45) is 6.72. The predicted molar refractivity (Wildman–Crippen MR) is 120 cm³/mol. The van der Waals surface area contributed by atoms with E-state index in [0.717, 1.165) is 63.7 Å². The number of hydrogen-bond acceptors (Lipinski definition) is 2. The Bertz CT molecular complexity index is 699. The number of nitrogens with zero attached hydrogens (tertiary/aromatic N) is 1. The van der Waals surface area contributed by atoms with Gasteiger partial charge in [-0.1, -0.05) is 57.7 Å². The molecule has 0 aromatic heterocycles. The van der Waals surface area contributed by atoms with Crippen molar-refractivity contribution in [1.82, 2.24) is 10.2 Å². The molecule has 166 valence electrons. The molecule has 1 saturated heterocycles. The summed E-state index contributed by atoms with van der Waals surface area (Å²) in [5.74, 6) is -0.0682. The molecule has 1 heterocycles. The second-order valence-electron chi connectivity index (χ2n) is 10.5. The summed E-state index contributed by atoms with van der Waals surface area (Å²) in [6.45, 7) is 9.34. The van der Waals surface area contributed by atoms with Crippen LogP contribution in [0.3, 0.4) is 0 Å². The molecule has 5 heteroatoms. The van der Waals surface area contributed by atoms with Crippen LogP contribution >= 0.6 is 11.6 Å². The molecule has 0 spiro atoms. The minimum Gasteiger partial charge on any atom is -0.352 e. The van der Waals surface area contributed by atoms with E-state index in [1.807, 2.05) is 6.07 Å². The molecule has 1 aromatic rings. The molecule has 2 fully saturated rings. The Labute approximate surface area is 186 Å². The van der Waals surface area contributed by atoms with Gasteiger partial charge in [0.2, 0.25) is 5.91 Å². The van der Waals surface area contributed by atoms with E-state index in [4.69, 9.17) is 11.6 Å². The van der Waals surface area contributed by atoms with Crippen LogP contribution in [0.5, 0.6) is 0 Å². The molecule has 2 aliphatic rings. The third kappa shape index (κ3) is 5.89. The van der Waals surface area contributed by atoms with E-state index in [-0.39, 0.29) is 12.5 Å². The molecule has 3 nitrogen and oxygen atoms in total. The van der Waals surface area contributed by atoms with Gasteiger partial charge in [-0.05, 0) is 62.3 Å². The van der Waals surface area contributed by atoms with Gasteiger partial charge in [-0.3, -0.25) is 4.79 Å². The average Bonchev–Trinajstić information content (AvgIpc) is 2.72. The predicted octanol–water partition coefficient (Wildman–Crippen LogP) is 5.50. The van der Waals surface area contributed by atoms with Crippen LogP contribution in [0.25, 0.3) is 0 Å². The molecule has 1 aliphatic heterocycles. The Morgan fingerprint density at radius 2 is 1.80 bits per heavy atom. The number of halogens is 2. The lowest BCUT2D eigenvalue weighted by Gasteiger charge is -2.39. The molecule has 1 amide bonds. The first-order valence-corrected chi connectivity index (χ1v) is 11.8. The van der Waals surface area contributed by atoms with Crippen LogP contribution in [-0.4, -0.2) is 42.7 Å². The van der Waals surface area contributed by atoms with E-state index in [1.54, 1.807) is 6.07 Å². The van der Waals surface area contributed by atoms with Crippen molar-refractivity contribution in [3.8, 4) is 0 Å². The Hall–Kier alpha value is -1.31. The topological polar surface area (TPSA) is 32.3 Å². The number of hydrogen-bond donors (Lipinski definition) is 1. The number of piperidine rings is 1. The van der Waals surface area contributed by atoms with Gasteiger partial charge in [-0.25, -0.2) is 4.39 Å². The molecule has 30 heavy (non-hydrogen) atoms. The SMILES string of the molecule is CC(C)(C)CCN1CCC(F)(CNC(=O)C2(c3c#cc(Cl)cc3)CCCCC2)CC1. The quantitative estimate of drug-likeness (QED) is 0.641. The van der Waals surface area contributed by atoms with Gasteiger partial charge >= 0.3 is 0 Å². The Morgan fingerprint density at radius 3 is 2.37 bits per heavy atom. The lowest BCUT2D eigenvalue weighted by molar-refractivity contribution is -0.129. The van der Waals surface area contributed by atoms with Crippen LogP contribution in [0, 0.1) is 17.5 Å². The van der Waals surface area contributed by atoms with E-state index < -0.39 is 11.1 Å². The van der Waals surface area contributed by atoms with Crippen molar-refractivity contribution in [3.63, 3.8) is 0 Å². The van der Waals surface area contributed by atoms with E-state index in [1.165, 1.54) is 0 Å². The fraction of sp³-hybridized carbons (Fsp3) is 0.720. The fourth-order valence-corrected chi connectivity index (χ4v) is 4.79. The van der Waals surface area contributed by atoms with Crippen molar-refractivity contribution >= 4 is 17.5 Å². The maximum Gasteiger partial charge on any atom is 0.231 e. The minimum atomic E-state index is -1.32.